The molecule has 150 valence electrons. The number of aromatic nitrogens is 2. The van der Waals surface area contributed by atoms with Crippen LogP contribution in [0.25, 0.3) is 0 Å². The number of hydrogen-bond donors (Lipinski definition) is 2. The molecule has 0 aliphatic rings. The molecule has 3 rings (SSSR count). The fourth-order valence-corrected chi connectivity index (χ4v) is 3.14. The zero-order chi connectivity index (χ0) is 20.8. The van der Waals surface area contributed by atoms with Crippen molar-refractivity contribution in [1.29, 1.82) is 0 Å². The van der Waals surface area contributed by atoms with Crippen molar-refractivity contribution in [2.24, 2.45) is 0 Å². The molecule has 1 aromatic heterocycles. The number of amides is 1. The van der Waals surface area contributed by atoms with Crippen LogP contribution in [-0.4, -0.2) is 15.5 Å². The number of carbonyl (C=O) groups excluding carboxylic acids is 1. The number of nitrogens with one attached hydrogen (secondary N) is 2. The summed E-state index contributed by atoms with van der Waals surface area (Å²) in [4.78, 5) is 39.9. The van der Waals surface area contributed by atoms with Gasteiger partial charge in [-0.3, -0.25) is 14.2 Å². The molecular weight excluding hydrogens is 390 g/mol. The SMILES string of the molecule is CCCCc1ccc(NC(=O)c2c[nH]c(=O)n(Cc3ccccc3Cl)c2=O)cc1. The van der Waals surface area contributed by atoms with Gasteiger partial charge in [-0.05, 0) is 42.2 Å². The maximum absolute atomic E-state index is 12.7. The Morgan fingerprint density at radius 2 is 1.83 bits per heavy atom. The van der Waals surface area contributed by atoms with Crippen molar-refractivity contribution < 1.29 is 4.79 Å². The van der Waals surface area contributed by atoms with Crippen LogP contribution in [0, 0.1) is 0 Å². The van der Waals surface area contributed by atoms with E-state index in [2.05, 4.69) is 17.2 Å². The number of halogens is 1. The zero-order valence-corrected chi connectivity index (χ0v) is 16.8. The van der Waals surface area contributed by atoms with Crippen molar-refractivity contribution in [3.8, 4) is 0 Å². The highest BCUT2D eigenvalue weighted by Crippen LogP contribution is 2.15. The van der Waals surface area contributed by atoms with Gasteiger partial charge in [0, 0.05) is 16.9 Å². The first-order valence-electron chi connectivity index (χ1n) is 9.46. The molecule has 6 nitrogen and oxygen atoms in total. The van der Waals surface area contributed by atoms with Gasteiger partial charge in [0.25, 0.3) is 11.5 Å². The van der Waals surface area contributed by atoms with Crippen LogP contribution in [0.1, 0.15) is 41.3 Å². The number of aryl methyl sites for hydroxylation is 1. The van der Waals surface area contributed by atoms with Crippen molar-refractivity contribution in [2.45, 2.75) is 32.7 Å². The molecule has 0 unspecified atom stereocenters. The molecule has 7 heteroatoms. The Morgan fingerprint density at radius 1 is 1.10 bits per heavy atom. The van der Waals surface area contributed by atoms with E-state index in [1.54, 1.807) is 36.4 Å². The molecule has 2 N–H and O–H groups in total. The molecule has 0 bridgehead atoms. The van der Waals surface area contributed by atoms with E-state index in [9.17, 15) is 14.4 Å². The van der Waals surface area contributed by atoms with E-state index in [0.29, 0.717) is 16.3 Å². The quantitative estimate of drug-likeness (QED) is 0.619. The van der Waals surface area contributed by atoms with Crippen molar-refractivity contribution in [3.05, 3.63) is 97.3 Å². The van der Waals surface area contributed by atoms with Gasteiger partial charge in [0.1, 0.15) is 5.56 Å². The standard InChI is InChI=1S/C22H22ClN3O3/c1-2-3-6-15-9-11-17(12-10-15)25-20(27)18-13-24-22(29)26(21(18)28)14-16-7-4-5-8-19(16)23/h4-5,7-13H,2-3,6,14H2,1H3,(H,24,29)(H,25,27). The lowest BCUT2D eigenvalue weighted by molar-refractivity contribution is 0.102. The highest BCUT2D eigenvalue weighted by molar-refractivity contribution is 6.31. The lowest BCUT2D eigenvalue weighted by Crippen LogP contribution is -2.39. The maximum Gasteiger partial charge on any atom is 0.328 e. The van der Waals surface area contributed by atoms with E-state index < -0.39 is 17.2 Å². The largest absolute Gasteiger partial charge is 0.328 e. The molecule has 0 atom stereocenters. The van der Waals surface area contributed by atoms with Crippen LogP contribution < -0.4 is 16.6 Å². The average molecular weight is 412 g/mol. The molecule has 0 spiro atoms. The molecule has 0 aliphatic carbocycles. The van der Waals surface area contributed by atoms with Gasteiger partial charge in [-0.15, -0.1) is 0 Å². The van der Waals surface area contributed by atoms with Gasteiger partial charge in [0.2, 0.25) is 0 Å². The Hall–Kier alpha value is -3.12. The number of aromatic amines is 1. The second kappa shape index (κ2) is 9.39. The molecule has 1 heterocycles. The highest BCUT2D eigenvalue weighted by atomic mass is 35.5. The number of benzene rings is 2. The van der Waals surface area contributed by atoms with Gasteiger partial charge >= 0.3 is 5.69 Å². The van der Waals surface area contributed by atoms with Crippen LogP contribution >= 0.6 is 11.6 Å². The molecule has 0 radical (unpaired) electrons. The minimum Gasteiger partial charge on any atom is -0.322 e. The number of hydrogen-bond acceptors (Lipinski definition) is 3. The number of nitrogens with zero attached hydrogens (tertiary/aromatic N) is 1. The maximum atomic E-state index is 12.7. The highest BCUT2D eigenvalue weighted by Gasteiger charge is 2.16. The summed E-state index contributed by atoms with van der Waals surface area (Å²) < 4.78 is 0.962. The van der Waals surface area contributed by atoms with Gasteiger partial charge in [-0.1, -0.05) is 55.3 Å². The van der Waals surface area contributed by atoms with Gasteiger partial charge in [0.05, 0.1) is 6.54 Å². The van der Waals surface area contributed by atoms with E-state index in [0.717, 1.165) is 30.0 Å². The minimum absolute atomic E-state index is 0.0267. The summed E-state index contributed by atoms with van der Waals surface area (Å²) in [5.41, 5.74) is 0.959. The van der Waals surface area contributed by atoms with Crippen LogP contribution in [-0.2, 0) is 13.0 Å². The summed E-state index contributed by atoms with van der Waals surface area (Å²) in [5, 5.41) is 3.15. The van der Waals surface area contributed by atoms with Gasteiger partial charge in [-0.25, -0.2) is 4.79 Å². The van der Waals surface area contributed by atoms with E-state index in [1.165, 1.54) is 5.56 Å². The van der Waals surface area contributed by atoms with E-state index >= 15 is 0 Å². The predicted molar refractivity (Wildman–Crippen MR) is 115 cm³/mol. The number of anilines is 1. The summed E-state index contributed by atoms with van der Waals surface area (Å²) >= 11 is 6.13. The van der Waals surface area contributed by atoms with Gasteiger partial charge < -0.3 is 10.3 Å². The molecule has 0 aliphatic heterocycles. The molecule has 1 amide bonds. The van der Waals surface area contributed by atoms with E-state index in [4.69, 9.17) is 11.6 Å². The van der Waals surface area contributed by atoms with Crippen LogP contribution in [0.15, 0.2) is 64.3 Å². The Balaban J connectivity index is 1.82. The molecule has 2 aromatic carbocycles. The smallest absolute Gasteiger partial charge is 0.322 e. The third-order valence-corrected chi connectivity index (χ3v) is 4.99. The molecule has 0 saturated carbocycles. The third kappa shape index (κ3) is 5.03. The van der Waals surface area contributed by atoms with E-state index in [1.807, 2.05) is 12.1 Å². The lowest BCUT2D eigenvalue weighted by atomic mass is 10.1. The molecule has 3 aromatic rings. The van der Waals surface area contributed by atoms with Crippen molar-refractivity contribution >= 4 is 23.2 Å². The fraction of sp³-hybridized carbons (Fsp3) is 0.227. The van der Waals surface area contributed by atoms with E-state index in [-0.39, 0.29) is 12.1 Å². The summed E-state index contributed by atoms with van der Waals surface area (Å²) in [5.74, 6) is -0.583. The first kappa shape index (κ1) is 20.6. The monoisotopic (exact) mass is 411 g/mol. The number of H-pyrrole nitrogens is 1. The van der Waals surface area contributed by atoms with Crippen molar-refractivity contribution in [3.63, 3.8) is 0 Å². The van der Waals surface area contributed by atoms with Crippen LogP contribution in [0.5, 0.6) is 0 Å². The first-order chi connectivity index (χ1) is 14.0. The van der Waals surface area contributed by atoms with Crippen molar-refractivity contribution in [2.75, 3.05) is 5.32 Å². The summed E-state index contributed by atoms with van der Waals surface area (Å²) in [6.07, 6.45) is 4.34. The normalized spacial score (nSPS) is 10.7. The summed E-state index contributed by atoms with van der Waals surface area (Å²) in [6.45, 7) is 2.11. The molecular formula is C22H22ClN3O3. The predicted octanol–water partition coefficient (Wildman–Crippen LogP) is 3.83. The molecule has 0 saturated heterocycles. The summed E-state index contributed by atoms with van der Waals surface area (Å²) in [6, 6.07) is 14.4. The number of unbranched alkanes of at least 4 members (excludes halogenated alkanes) is 1. The van der Waals surface area contributed by atoms with Crippen LogP contribution in [0.3, 0.4) is 0 Å². The topological polar surface area (TPSA) is 84.0 Å². The zero-order valence-electron chi connectivity index (χ0n) is 16.1. The average Bonchev–Trinajstić information content (AvgIpc) is 2.72. The van der Waals surface area contributed by atoms with Gasteiger partial charge in [0.15, 0.2) is 0 Å². The number of rotatable bonds is 7. The minimum atomic E-state index is -0.675. The second-order valence-corrected chi connectivity index (χ2v) is 7.15. The Morgan fingerprint density at radius 3 is 2.52 bits per heavy atom. The molecule has 29 heavy (non-hydrogen) atoms. The Kier molecular flexibility index (Phi) is 6.67. The fourth-order valence-electron chi connectivity index (χ4n) is 2.95. The van der Waals surface area contributed by atoms with Gasteiger partial charge in [-0.2, -0.15) is 0 Å². The third-order valence-electron chi connectivity index (χ3n) is 4.62. The lowest BCUT2D eigenvalue weighted by Gasteiger charge is -2.09. The first-order valence-corrected chi connectivity index (χ1v) is 9.83. The van der Waals surface area contributed by atoms with Crippen LogP contribution in [0.2, 0.25) is 5.02 Å². The van der Waals surface area contributed by atoms with Crippen molar-refractivity contribution in [1.82, 2.24) is 9.55 Å². The van der Waals surface area contributed by atoms with Crippen LogP contribution in [0.4, 0.5) is 5.69 Å². The molecule has 0 fully saturated rings. The Labute approximate surface area is 173 Å². The second-order valence-electron chi connectivity index (χ2n) is 6.74. The summed E-state index contributed by atoms with van der Waals surface area (Å²) in [7, 11) is 0. The Bertz CT molecular complexity index is 1120. The number of carbonyl (C=O) groups is 1.